The van der Waals surface area contributed by atoms with E-state index in [4.69, 9.17) is 9.97 Å². The second kappa shape index (κ2) is 11.8. The zero-order valence-corrected chi connectivity index (χ0v) is 32.0. The van der Waals surface area contributed by atoms with Gasteiger partial charge in [0.1, 0.15) is 4.83 Å². The largest absolute Gasteiger partial charge is 0.309 e. The maximum Gasteiger partial charge on any atom is 0.161 e. The van der Waals surface area contributed by atoms with Crippen LogP contribution in [0.3, 0.4) is 0 Å². The quantitative estimate of drug-likeness (QED) is 0.180. The van der Waals surface area contributed by atoms with Gasteiger partial charge >= 0.3 is 0 Å². The summed E-state index contributed by atoms with van der Waals surface area (Å²) < 4.78 is 6.37. The Balaban J connectivity index is 1.11. The molecule has 0 saturated heterocycles. The van der Waals surface area contributed by atoms with Crippen molar-refractivity contribution in [2.45, 2.75) is 0 Å². The van der Waals surface area contributed by atoms with E-state index >= 15 is 0 Å². The first-order chi connectivity index (χ1) is 28.3. The lowest BCUT2D eigenvalue weighted by atomic mass is 9.96. The third kappa shape index (κ3) is 4.41. The highest BCUT2D eigenvalue weighted by Gasteiger charge is 2.24. The molecule has 0 radical (unpaired) electrons. The maximum absolute atomic E-state index is 5.30. The van der Waals surface area contributed by atoms with Crippen LogP contribution in [-0.4, -0.2) is 14.5 Å². The van der Waals surface area contributed by atoms with Crippen LogP contribution in [0.1, 0.15) is 0 Å². The van der Waals surface area contributed by atoms with Crippen molar-refractivity contribution in [3.05, 3.63) is 176 Å². The van der Waals surface area contributed by atoms with Crippen molar-refractivity contribution in [2.75, 3.05) is 0 Å². The Morgan fingerprint density at radius 3 is 1.82 bits per heavy atom. The third-order valence-electron chi connectivity index (χ3n) is 11.8. The van der Waals surface area contributed by atoms with Gasteiger partial charge in [-0.25, -0.2) is 9.97 Å². The molecule has 4 aromatic heterocycles. The van der Waals surface area contributed by atoms with Crippen molar-refractivity contribution < 1.29 is 0 Å². The van der Waals surface area contributed by atoms with Crippen LogP contribution in [-0.2, 0) is 0 Å². The highest BCUT2D eigenvalue weighted by Crippen LogP contribution is 2.51. The fourth-order valence-corrected chi connectivity index (χ4v) is 11.7. The summed E-state index contributed by atoms with van der Waals surface area (Å²) in [6.45, 7) is 0. The molecular weight excluding hydrogens is 731 g/mol. The van der Waals surface area contributed by atoms with E-state index in [2.05, 4.69) is 180 Å². The topological polar surface area (TPSA) is 30.7 Å². The molecule has 0 unspecified atom stereocenters. The molecule has 3 nitrogen and oxygen atoms in total. The lowest BCUT2D eigenvalue weighted by Crippen LogP contribution is -1.96. The number of nitrogens with zero attached hydrogens (tertiary/aromatic N) is 3. The smallest absolute Gasteiger partial charge is 0.161 e. The van der Waals surface area contributed by atoms with Crippen LogP contribution in [0, 0.1) is 0 Å². The molecular formula is C52H29N3S2. The Morgan fingerprint density at radius 1 is 0.386 bits per heavy atom. The molecule has 0 N–H and O–H groups in total. The van der Waals surface area contributed by atoms with Gasteiger partial charge in [0.2, 0.25) is 0 Å². The van der Waals surface area contributed by atoms with Crippen LogP contribution in [0.25, 0.3) is 123 Å². The Morgan fingerprint density at radius 2 is 1.04 bits per heavy atom. The van der Waals surface area contributed by atoms with Gasteiger partial charge in [0.15, 0.2) is 5.82 Å². The van der Waals surface area contributed by atoms with Crippen LogP contribution in [0.2, 0.25) is 0 Å². The third-order valence-corrected chi connectivity index (χ3v) is 14.0. The SMILES string of the molecule is c1ccc(-c2nc(-c3ccc(-n4c5ccc6ccccc6c5c5c6sc7ccc8ccccc8c7c6c6ccccc6c54)cc3)nc3sc4ccccc4c23)cc1. The summed E-state index contributed by atoms with van der Waals surface area (Å²) in [6, 6.07) is 63.9. The van der Waals surface area contributed by atoms with Crippen LogP contribution >= 0.6 is 22.7 Å². The van der Waals surface area contributed by atoms with Gasteiger partial charge < -0.3 is 4.57 Å². The fraction of sp³-hybridized carbons (Fsp3) is 0. The molecule has 9 aromatic carbocycles. The van der Waals surface area contributed by atoms with Gasteiger partial charge in [-0.2, -0.15) is 0 Å². The van der Waals surface area contributed by atoms with E-state index in [-0.39, 0.29) is 0 Å². The molecule has 0 saturated carbocycles. The zero-order chi connectivity index (χ0) is 37.2. The summed E-state index contributed by atoms with van der Waals surface area (Å²) in [5.41, 5.74) is 6.60. The molecule has 13 rings (SSSR count). The Hall–Kier alpha value is -6.92. The van der Waals surface area contributed by atoms with Gasteiger partial charge in [-0.3, -0.25) is 0 Å². The van der Waals surface area contributed by atoms with Crippen LogP contribution in [0.4, 0.5) is 0 Å². The average Bonchev–Trinajstić information content (AvgIpc) is 3.97. The Labute approximate surface area is 334 Å². The Kier molecular flexibility index (Phi) is 6.48. The minimum atomic E-state index is 0.734. The first-order valence-corrected chi connectivity index (χ1v) is 20.9. The van der Waals surface area contributed by atoms with Gasteiger partial charge in [-0.05, 0) is 69.4 Å². The number of benzene rings is 9. The number of thiophene rings is 2. The maximum atomic E-state index is 5.30. The van der Waals surface area contributed by atoms with Crippen molar-refractivity contribution >= 4 is 117 Å². The average molecular weight is 760 g/mol. The first-order valence-electron chi connectivity index (χ1n) is 19.2. The molecule has 0 aliphatic heterocycles. The van der Waals surface area contributed by atoms with E-state index in [1.54, 1.807) is 11.3 Å². The van der Waals surface area contributed by atoms with Crippen molar-refractivity contribution in [2.24, 2.45) is 0 Å². The lowest BCUT2D eigenvalue weighted by molar-refractivity contribution is 1.18. The van der Waals surface area contributed by atoms with E-state index < -0.39 is 0 Å². The van der Waals surface area contributed by atoms with Crippen molar-refractivity contribution in [1.82, 2.24) is 14.5 Å². The predicted octanol–water partition coefficient (Wildman–Crippen LogP) is 15.1. The van der Waals surface area contributed by atoms with Crippen LogP contribution in [0.5, 0.6) is 0 Å². The van der Waals surface area contributed by atoms with Gasteiger partial charge in [0, 0.05) is 68.6 Å². The Bertz CT molecular complexity index is 3800. The molecule has 0 fully saturated rings. The highest BCUT2D eigenvalue weighted by molar-refractivity contribution is 7.27. The normalized spacial score (nSPS) is 12.2. The number of aromatic nitrogens is 3. The molecule has 57 heavy (non-hydrogen) atoms. The second-order valence-corrected chi connectivity index (χ2v) is 16.9. The minimum absolute atomic E-state index is 0.734. The minimum Gasteiger partial charge on any atom is -0.309 e. The van der Waals surface area contributed by atoms with E-state index in [1.807, 2.05) is 11.3 Å². The molecule has 0 bridgehead atoms. The number of hydrogen-bond acceptors (Lipinski definition) is 4. The second-order valence-electron chi connectivity index (χ2n) is 14.8. The number of fused-ring (bicyclic) bond motifs is 17. The molecule has 13 aromatic rings. The van der Waals surface area contributed by atoms with E-state index in [9.17, 15) is 0 Å². The number of rotatable bonds is 3. The lowest BCUT2D eigenvalue weighted by Gasteiger charge is -2.12. The van der Waals surface area contributed by atoms with Crippen molar-refractivity contribution in [3.8, 4) is 28.3 Å². The summed E-state index contributed by atoms with van der Waals surface area (Å²) >= 11 is 3.66. The van der Waals surface area contributed by atoms with Crippen LogP contribution in [0.15, 0.2) is 176 Å². The molecule has 0 aliphatic carbocycles. The van der Waals surface area contributed by atoms with Gasteiger partial charge in [-0.15, -0.1) is 22.7 Å². The summed E-state index contributed by atoms with van der Waals surface area (Å²) in [7, 11) is 0. The van der Waals surface area contributed by atoms with Gasteiger partial charge in [-0.1, -0.05) is 133 Å². The van der Waals surface area contributed by atoms with Crippen LogP contribution < -0.4 is 0 Å². The van der Waals surface area contributed by atoms with Gasteiger partial charge in [0.25, 0.3) is 0 Å². The predicted molar refractivity (Wildman–Crippen MR) is 246 cm³/mol. The molecule has 0 aliphatic rings. The summed E-state index contributed by atoms with van der Waals surface area (Å²) in [6.07, 6.45) is 0. The summed E-state index contributed by atoms with van der Waals surface area (Å²) in [4.78, 5) is 11.5. The molecule has 4 heterocycles. The summed E-state index contributed by atoms with van der Waals surface area (Å²) in [5, 5.41) is 15.3. The first kappa shape index (κ1) is 31.3. The highest BCUT2D eigenvalue weighted by atomic mass is 32.1. The van der Waals surface area contributed by atoms with Gasteiger partial charge in [0.05, 0.1) is 16.7 Å². The molecule has 0 amide bonds. The van der Waals surface area contributed by atoms with E-state index in [0.717, 1.165) is 38.5 Å². The molecule has 264 valence electrons. The standard InChI is InChI=1S/C52H29N3S2/c1-2-14-32(15-3-1)48-46-39-20-10-11-21-41(39)57-52(46)54-51(53-48)33-22-26-34(27-23-33)55-40-28-24-30-12-4-6-16-35(30)43(40)47-49(55)38-19-9-8-18-37(38)45-44-36-17-7-5-13-31(36)25-29-42(44)56-50(45)47/h1-29H. The zero-order valence-electron chi connectivity index (χ0n) is 30.4. The fourth-order valence-electron chi connectivity index (χ4n) is 9.33. The number of hydrogen-bond donors (Lipinski definition) is 0. The van der Waals surface area contributed by atoms with Crippen molar-refractivity contribution in [3.63, 3.8) is 0 Å². The molecule has 0 atom stereocenters. The molecule has 0 spiro atoms. The molecule has 5 heteroatoms. The van der Waals surface area contributed by atoms with Crippen molar-refractivity contribution in [1.29, 1.82) is 0 Å². The van der Waals surface area contributed by atoms with E-state index in [0.29, 0.717) is 0 Å². The monoisotopic (exact) mass is 759 g/mol. The van der Waals surface area contributed by atoms with E-state index in [1.165, 1.54) is 84.4 Å². The summed E-state index contributed by atoms with van der Waals surface area (Å²) in [5.74, 6) is 0.734.